The van der Waals surface area contributed by atoms with Gasteiger partial charge >= 0.3 is 0 Å². The van der Waals surface area contributed by atoms with Crippen LogP contribution in [0, 0.1) is 0 Å². The van der Waals surface area contributed by atoms with Crippen LogP contribution >= 0.6 is 0 Å². The molecule has 2 N–H and O–H groups in total. The summed E-state index contributed by atoms with van der Waals surface area (Å²) in [4.78, 5) is 49.4. The van der Waals surface area contributed by atoms with Crippen molar-refractivity contribution >= 4 is 38.6 Å². The lowest BCUT2D eigenvalue weighted by Gasteiger charge is -2.26. The number of imidazole rings is 2. The van der Waals surface area contributed by atoms with Crippen molar-refractivity contribution in [2.24, 2.45) is 0 Å². The molecular weight excluding hydrogens is 706 g/mol. The van der Waals surface area contributed by atoms with Gasteiger partial charge < -0.3 is 19.3 Å². The quantitative estimate of drug-likeness (QED) is 0.0849. The second kappa shape index (κ2) is 16.2. The van der Waals surface area contributed by atoms with E-state index in [4.69, 9.17) is 9.40 Å². The van der Waals surface area contributed by atoms with Crippen LogP contribution in [0.4, 0.5) is 4.39 Å². The van der Waals surface area contributed by atoms with Crippen LogP contribution in [-0.4, -0.2) is 86.0 Å². The van der Waals surface area contributed by atoms with Crippen molar-refractivity contribution in [1.82, 2.24) is 34.6 Å². The van der Waals surface area contributed by atoms with Gasteiger partial charge in [0.1, 0.15) is 29.0 Å². The smallest absolute Gasteiger partial charge is 0.237 e. The van der Waals surface area contributed by atoms with Gasteiger partial charge in [0.15, 0.2) is 0 Å². The van der Waals surface area contributed by atoms with E-state index < -0.39 is 6.17 Å². The van der Waals surface area contributed by atoms with E-state index in [1.54, 1.807) is 6.20 Å². The first-order valence-electron chi connectivity index (χ1n) is 19.7. The second-order valence-corrected chi connectivity index (χ2v) is 14.9. The van der Waals surface area contributed by atoms with Crippen molar-refractivity contribution < 1.29 is 13.6 Å². The number of carbonyl (C=O) groups is 1. The molecule has 4 heterocycles. The molecule has 0 unspecified atom stereocenters. The van der Waals surface area contributed by atoms with Crippen molar-refractivity contribution in [2.45, 2.75) is 58.8 Å². The summed E-state index contributed by atoms with van der Waals surface area (Å²) in [6.07, 6.45) is 5.66. The lowest BCUT2D eigenvalue weighted by Crippen LogP contribution is -2.42. The molecule has 1 amide bonds. The number of carbonyl (C=O) groups excluding carboxylic acids is 1. The highest BCUT2D eigenvalue weighted by atomic mass is 19.1. The van der Waals surface area contributed by atoms with Gasteiger partial charge in [-0.15, -0.1) is 0 Å². The van der Waals surface area contributed by atoms with Crippen LogP contribution in [0.3, 0.4) is 0 Å². The Bertz CT molecular complexity index is 2540. The highest BCUT2D eigenvalue weighted by molar-refractivity contribution is 6.09. The van der Waals surface area contributed by atoms with Gasteiger partial charge in [-0.25, -0.2) is 14.4 Å². The number of nitrogens with zero attached hydrogens (tertiary/aromatic N) is 5. The minimum atomic E-state index is -1.16. The van der Waals surface area contributed by atoms with Crippen molar-refractivity contribution in [3.05, 3.63) is 119 Å². The summed E-state index contributed by atoms with van der Waals surface area (Å²) in [6.45, 7) is 9.40. The lowest BCUT2D eigenvalue weighted by molar-refractivity contribution is -0.133. The zero-order valence-electron chi connectivity index (χ0n) is 32.2. The molecule has 0 spiro atoms. The Balaban J connectivity index is 1.02. The van der Waals surface area contributed by atoms with Gasteiger partial charge in [-0.3, -0.25) is 19.4 Å². The van der Waals surface area contributed by atoms with Gasteiger partial charge in [-0.2, -0.15) is 0 Å². The van der Waals surface area contributed by atoms with Crippen LogP contribution in [0.5, 0.6) is 0 Å². The monoisotopic (exact) mass is 753 g/mol. The molecule has 8 rings (SSSR count). The molecule has 288 valence electrons. The van der Waals surface area contributed by atoms with E-state index in [0.717, 1.165) is 84.6 Å². The number of alkyl halides is 1. The van der Waals surface area contributed by atoms with Crippen LogP contribution in [0.25, 0.3) is 55.2 Å². The fourth-order valence-electron chi connectivity index (χ4n) is 8.05. The summed E-state index contributed by atoms with van der Waals surface area (Å²) in [5, 5.41) is 2.72. The van der Waals surface area contributed by atoms with Crippen LogP contribution in [-0.2, 0) is 17.8 Å². The standard InChI is InChI=1S/C45H48FN7O3/c1-4-51(5-2)28-42(54)53(26-29(3)46)27-41-47-24-36(49-41)32-13-16-34-31(22-32)15-18-39-43(34)44(55)35-17-14-33(23-40(35)56-39)37-25-48-45(50-37)38-12-9-20-52(38)21-19-30-10-7-6-8-11-30/h6-8,10-11,13-18,22-25,29,38H,4-5,9,12,19-21,26-28H2,1-3H3,(H,47,49)(H,48,50)/t29-,38+/m1/s1. The minimum absolute atomic E-state index is 0.00293. The molecule has 0 bridgehead atoms. The Morgan fingerprint density at radius 3 is 2.46 bits per heavy atom. The molecule has 0 radical (unpaired) electrons. The molecule has 2 atom stereocenters. The molecule has 3 aromatic heterocycles. The molecule has 1 aliphatic heterocycles. The number of likely N-dealkylation sites (tertiary alicyclic amines) is 1. The normalized spacial score (nSPS) is 15.4. The van der Waals surface area contributed by atoms with Crippen LogP contribution in [0.2, 0.25) is 0 Å². The van der Waals surface area contributed by atoms with E-state index in [9.17, 15) is 14.0 Å². The maximum atomic E-state index is 14.1. The molecule has 0 aliphatic carbocycles. The van der Waals surface area contributed by atoms with Gasteiger partial charge in [0, 0.05) is 17.7 Å². The van der Waals surface area contributed by atoms with E-state index in [-0.39, 0.29) is 37.0 Å². The molecular formula is C45H48FN7O3. The van der Waals surface area contributed by atoms with Gasteiger partial charge in [0.25, 0.3) is 0 Å². The topological polar surface area (TPSA) is 114 Å². The van der Waals surface area contributed by atoms with Crippen LogP contribution in [0.1, 0.15) is 56.9 Å². The minimum Gasteiger partial charge on any atom is -0.456 e. The molecule has 0 saturated carbocycles. The first kappa shape index (κ1) is 37.3. The number of aromatic amines is 2. The molecule has 1 aliphatic rings. The van der Waals surface area contributed by atoms with Gasteiger partial charge in [0.05, 0.1) is 60.2 Å². The summed E-state index contributed by atoms with van der Waals surface area (Å²) in [6, 6.07) is 26.3. The second-order valence-electron chi connectivity index (χ2n) is 14.9. The lowest BCUT2D eigenvalue weighted by atomic mass is 10.0. The van der Waals surface area contributed by atoms with Crippen LogP contribution in [0.15, 0.2) is 100 Å². The summed E-state index contributed by atoms with van der Waals surface area (Å²) >= 11 is 0. The Labute approximate surface area is 325 Å². The molecule has 11 heteroatoms. The van der Waals surface area contributed by atoms with Gasteiger partial charge in [-0.05, 0) is 86.4 Å². The Morgan fingerprint density at radius 1 is 0.929 bits per heavy atom. The third kappa shape index (κ3) is 7.74. The highest BCUT2D eigenvalue weighted by Gasteiger charge is 2.28. The Kier molecular flexibility index (Phi) is 10.8. The number of fused-ring (bicyclic) bond motifs is 4. The molecule has 4 aromatic carbocycles. The average Bonchev–Trinajstić information content (AvgIpc) is 4.00. The maximum absolute atomic E-state index is 14.1. The number of hydrogen-bond donors (Lipinski definition) is 2. The molecule has 10 nitrogen and oxygen atoms in total. The average molecular weight is 754 g/mol. The van der Waals surface area contributed by atoms with Crippen molar-refractivity contribution in [2.75, 3.05) is 39.3 Å². The first-order chi connectivity index (χ1) is 27.3. The molecule has 7 aromatic rings. The number of nitrogens with one attached hydrogen (secondary N) is 2. The zero-order chi connectivity index (χ0) is 38.8. The Morgan fingerprint density at radius 2 is 1.68 bits per heavy atom. The number of aromatic nitrogens is 4. The summed E-state index contributed by atoms with van der Waals surface area (Å²) in [5.74, 6) is 1.41. The summed E-state index contributed by atoms with van der Waals surface area (Å²) in [5.41, 5.74) is 5.74. The van der Waals surface area contributed by atoms with Crippen molar-refractivity contribution in [3.8, 4) is 22.5 Å². The first-order valence-corrected chi connectivity index (χ1v) is 19.7. The molecule has 1 saturated heterocycles. The predicted molar refractivity (Wildman–Crippen MR) is 220 cm³/mol. The summed E-state index contributed by atoms with van der Waals surface area (Å²) in [7, 11) is 0. The third-order valence-electron chi connectivity index (χ3n) is 11.1. The largest absolute Gasteiger partial charge is 0.456 e. The van der Waals surface area contributed by atoms with E-state index in [1.165, 1.54) is 17.4 Å². The summed E-state index contributed by atoms with van der Waals surface area (Å²) < 4.78 is 20.5. The number of benzene rings is 4. The molecule has 56 heavy (non-hydrogen) atoms. The van der Waals surface area contributed by atoms with Gasteiger partial charge in [0.2, 0.25) is 11.3 Å². The zero-order valence-corrected chi connectivity index (χ0v) is 32.2. The van der Waals surface area contributed by atoms with Crippen molar-refractivity contribution in [1.29, 1.82) is 0 Å². The van der Waals surface area contributed by atoms with E-state index in [2.05, 4.69) is 50.2 Å². The van der Waals surface area contributed by atoms with Crippen molar-refractivity contribution in [3.63, 3.8) is 0 Å². The Hall–Kier alpha value is -5.65. The third-order valence-corrected chi connectivity index (χ3v) is 11.1. The highest BCUT2D eigenvalue weighted by Crippen LogP contribution is 2.34. The fourth-order valence-corrected chi connectivity index (χ4v) is 8.05. The SMILES string of the molecule is CCN(CC)CC(=O)N(Cc1ncc(-c2ccc3c(ccc4oc5cc(-c6cnc([C@@H]7CCCN7CCc7ccccc7)[nH]6)ccc5c(=O)c43)c2)[nH]1)C[C@@H](C)F. The molecule has 1 fully saturated rings. The van der Waals surface area contributed by atoms with E-state index in [0.29, 0.717) is 27.8 Å². The van der Waals surface area contributed by atoms with E-state index >= 15 is 0 Å². The number of rotatable bonds is 14. The van der Waals surface area contributed by atoms with Crippen LogP contribution < -0.4 is 5.43 Å². The predicted octanol–water partition coefficient (Wildman–Crippen LogP) is 8.29. The number of hydrogen-bond acceptors (Lipinski definition) is 7. The van der Waals surface area contributed by atoms with Gasteiger partial charge in [-0.1, -0.05) is 68.4 Å². The maximum Gasteiger partial charge on any atom is 0.237 e. The fraction of sp³-hybridized carbons (Fsp3) is 0.333. The number of H-pyrrole nitrogens is 2. The van der Waals surface area contributed by atoms with E-state index in [1.807, 2.05) is 73.5 Å². The number of likely N-dealkylation sites (N-methyl/N-ethyl adjacent to an activating group) is 1. The number of amides is 1. The number of halogens is 1.